The number of nitrogens with two attached hydrogens (primary N) is 1. The fraction of sp³-hybridized carbons (Fsp3) is 0.571. The molecule has 17 heavy (non-hydrogen) atoms. The van der Waals surface area contributed by atoms with Crippen molar-refractivity contribution in [2.24, 2.45) is 5.73 Å². The van der Waals surface area contributed by atoms with Crippen molar-refractivity contribution in [1.82, 2.24) is 0 Å². The molecule has 1 atom stereocenters. The summed E-state index contributed by atoms with van der Waals surface area (Å²) in [6, 6.07) is 8.43. The fourth-order valence-corrected chi connectivity index (χ4v) is 2.19. The number of hydrogen-bond acceptors (Lipinski definition) is 3. The normalized spacial score (nSPS) is 20.4. The van der Waals surface area contributed by atoms with E-state index in [-0.39, 0.29) is 6.04 Å². The molecule has 3 heteroatoms. The second kappa shape index (κ2) is 5.17. The molecule has 1 fully saturated rings. The van der Waals surface area contributed by atoms with E-state index in [4.69, 9.17) is 15.2 Å². The lowest BCUT2D eigenvalue weighted by Gasteiger charge is -2.26. The van der Waals surface area contributed by atoms with E-state index in [1.165, 1.54) is 5.56 Å². The molecule has 94 valence electrons. The highest BCUT2D eigenvalue weighted by Crippen LogP contribution is 2.29. The molecule has 0 aromatic heterocycles. The zero-order valence-electron chi connectivity index (χ0n) is 10.6. The lowest BCUT2D eigenvalue weighted by molar-refractivity contribution is -0.150. The van der Waals surface area contributed by atoms with E-state index in [9.17, 15) is 0 Å². The quantitative estimate of drug-likeness (QED) is 0.871. The molecule has 3 nitrogen and oxygen atoms in total. The number of hydrogen-bond donors (Lipinski definition) is 1. The number of ether oxygens (including phenoxy) is 2. The van der Waals surface area contributed by atoms with Gasteiger partial charge < -0.3 is 15.2 Å². The van der Waals surface area contributed by atoms with Crippen LogP contribution in [0, 0.1) is 0 Å². The second-order valence-corrected chi connectivity index (χ2v) is 4.74. The van der Waals surface area contributed by atoms with Gasteiger partial charge in [0, 0.05) is 12.5 Å². The Bertz CT molecular complexity index is 355. The number of aryl methyl sites for hydroxylation is 1. The summed E-state index contributed by atoms with van der Waals surface area (Å²) in [7, 11) is 0. The van der Waals surface area contributed by atoms with Gasteiger partial charge in [0.15, 0.2) is 5.79 Å². The van der Waals surface area contributed by atoms with Crippen molar-refractivity contribution in [2.45, 2.75) is 38.5 Å². The van der Waals surface area contributed by atoms with Gasteiger partial charge in [0.05, 0.1) is 13.2 Å². The van der Waals surface area contributed by atoms with Crippen molar-refractivity contribution in [3.05, 3.63) is 35.4 Å². The Labute approximate surface area is 103 Å². The smallest absolute Gasteiger partial charge is 0.167 e. The number of benzene rings is 1. The van der Waals surface area contributed by atoms with Gasteiger partial charge in [-0.25, -0.2) is 0 Å². The Hall–Kier alpha value is -0.900. The summed E-state index contributed by atoms with van der Waals surface area (Å²) in [6.45, 7) is 5.44. The molecule has 0 aliphatic carbocycles. The maximum atomic E-state index is 6.19. The molecule has 1 aliphatic heterocycles. The first-order chi connectivity index (χ1) is 8.13. The van der Waals surface area contributed by atoms with E-state index in [1.807, 2.05) is 6.92 Å². The van der Waals surface area contributed by atoms with Crippen LogP contribution in [0.1, 0.15) is 37.4 Å². The SMILES string of the molecule is CCc1ccc(C(N)CC2(C)OCCO2)cc1. The molecule has 0 radical (unpaired) electrons. The van der Waals surface area contributed by atoms with E-state index in [1.54, 1.807) is 0 Å². The van der Waals surface area contributed by atoms with Crippen LogP contribution < -0.4 is 5.73 Å². The van der Waals surface area contributed by atoms with Crippen molar-refractivity contribution in [1.29, 1.82) is 0 Å². The van der Waals surface area contributed by atoms with Crippen LogP contribution in [0.5, 0.6) is 0 Å². The molecule has 1 heterocycles. The average Bonchev–Trinajstić information content (AvgIpc) is 2.76. The van der Waals surface area contributed by atoms with Gasteiger partial charge in [0.2, 0.25) is 0 Å². The molecule has 1 aliphatic rings. The summed E-state index contributed by atoms with van der Waals surface area (Å²) in [5.74, 6) is -0.511. The lowest BCUT2D eigenvalue weighted by Crippen LogP contribution is -2.31. The van der Waals surface area contributed by atoms with Gasteiger partial charge in [-0.3, -0.25) is 0 Å². The van der Waals surface area contributed by atoms with Crippen molar-refractivity contribution >= 4 is 0 Å². The third kappa shape index (κ3) is 3.06. The summed E-state index contributed by atoms with van der Waals surface area (Å²) in [4.78, 5) is 0. The van der Waals surface area contributed by atoms with Crippen molar-refractivity contribution in [3.63, 3.8) is 0 Å². The lowest BCUT2D eigenvalue weighted by atomic mass is 9.99. The minimum absolute atomic E-state index is 0.0380. The zero-order valence-corrected chi connectivity index (χ0v) is 10.6. The van der Waals surface area contributed by atoms with Crippen LogP contribution >= 0.6 is 0 Å². The Balaban J connectivity index is 2.01. The van der Waals surface area contributed by atoms with Gasteiger partial charge in [-0.05, 0) is 24.5 Å². The van der Waals surface area contributed by atoms with E-state index >= 15 is 0 Å². The van der Waals surface area contributed by atoms with Crippen molar-refractivity contribution in [2.75, 3.05) is 13.2 Å². The molecule has 0 bridgehead atoms. The molecule has 2 rings (SSSR count). The molecule has 1 unspecified atom stereocenters. The van der Waals surface area contributed by atoms with Crippen LogP contribution in [0.25, 0.3) is 0 Å². The van der Waals surface area contributed by atoms with Gasteiger partial charge >= 0.3 is 0 Å². The average molecular weight is 235 g/mol. The third-order valence-corrected chi connectivity index (χ3v) is 3.30. The molecule has 0 spiro atoms. The zero-order chi connectivity index (χ0) is 12.3. The van der Waals surface area contributed by atoms with Crippen molar-refractivity contribution in [3.8, 4) is 0 Å². The van der Waals surface area contributed by atoms with Crippen LogP contribution in [0.15, 0.2) is 24.3 Å². The van der Waals surface area contributed by atoms with Gasteiger partial charge in [-0.2, -0.15) is 0 Å². The Morgan fingerprint density at radius 3 is 2.35 bits per heavy atom. The Morgan fingerprint density at radius 1 is 1.24 bits per heavy atom. The van der Waals surface area contributed by atoms with E-state index in [2.05, 4.69) is 31.2 Å². The van der Waals surface area contributed by atoms with Gasteiger partial charge in [0.25, 0.3) is 0 Å². The van der Waals surface area contributed by atoms with E-state index in [0.717, 1.165) is 12.0 Å². The van der Waals surface area contributed by atoms with Gasteiger partial charge in [-0.15, -0.1) is 0 Å². The van der Waals surface area contributed by atoms with Gasteiger partial charge in [0.1, 0.15) is 0 Å². The van der Waals surface area contributed by atoms with Crippen LogP contribution in [0.2, 0.25) is 0 Å². The summed E-state index contributed by atoms with van der Waals surface area (Å²) in [5, 5.41) is 0. The van der Waals surface area contributed by atoms with Crippen LogP contribution in [-0.4, -0.2) is 19.0 Å². The molecule has 0 amide bonds. The van der Waals surface area contributed by atoms with Crippen LogP contribution in [-0.2, 0) is 15.9 Å². The predicted molar refractivity (Wildman–Crippen MR) is 67.7 cm³/mol. The molecule has 1 saturated heterocycles. The Kier molecular flexibility index (Phi) is 3.82. The maximum Gasteiger partial charge on any atom is 0.167 e. The van der Waals surface area contributed by atoms with E-state index in [0.29, 0.717) is 19.6 Å². The summed E-state index contributed by atoms with van der Waals surface area (Å²) in [6.07, 6.45) is 1.75. The van der Waals surface area contributed by atoms with Crippen molar-refractivity contribution < 1.29 is 9.47 Å². The highest BCUT2D eigenvalue weighted by molar-refractivity contribution is 5.25. The summed E-state index contributed by atoms with van der Waals surface area (Å²) >= 11 is 0. The molecule has 1 aromatic carbocycles. The Morgan fingerprint density at radius 2 is 1.82 bits per heavy atom. The molecule has 1 aromatic rings. The summed E-state index contributed by atoms with van der Waals surface area (Å²) in [5.41, 5.74) is 8.67. The number of rotatable bonds is 4. The minimum Gasteiger partial charge on any atom is -0.348 e. The maximum absolute atomic E-state index is 6.19. The van der Waals surface area contributed by atoms with Gasteiger partial charge in [-0.1, -0.05) is 31.2 Å². The first-order valence-electron chi connectivity index (χ1n) is 6.25. The largest absolute Gasteiger partial charge is 0.348 e. The first-order valence-corrected chi connectivity index (χ1v) is 6.25. The topological polar surface area (TPSA) is 44.5 Å². The van der Waals surface area contributed by atoms with Crippen LogP contribution in [0.3, 0.4) is 0 Å². The van der Waals surface area contributed by atoms with E-state index < -0.39 is 5.79 Å². The predicted octanol–water partition coefficient (Wildman–Crippen LogP) is 2.40. The standard InChI is InChI=1S/C14H21NO2/c1-3-11-4-6-12(7-5-11)13(15)10-14(2)16-8-9-17-14/h4-7,13H,3,8-10,15H2,1-2H3. The molecule has 0 saturated carbocycles. The highest BCUT2D eigenvalue weighted by Gasteiger charge is 2.33. The molecular weight excluding hydrogens is 214 g/mol. The fourth-order valence-electron chi connectivity index (χ4n) is 2.19. The first kappa shape index (κ1) is 12.6. The molecular formula is C14H21NO2. The molecule has 2 N–H and O–H groups in total. The van der Waals surface area contributed by atoms with Crippen LogP contribution in [0.4, 0.5) is 0 Å². The third-order valence-electron chi connectivity index (χ3n) is 3.30. The monoisotopic (exact) mass is 235 g/mol. The highest BCUT2D eigenvalue weighted by atomic mass is 16.7. The summed E-state index contributed by atoms with van der Waals surface area (Å²) < 4.78 is 11.2. The second-order valence-electron chi connectivity index (χ2n) is 4.74. The minimum atomic E-state index is -0.511.